The summed E-state index contributed by atoms with van der Waals surface area (Å²) in [6.07, 6.45) is -1.05. The Morgan fingerprint density at radius 3 is 2.13 bits per heavy atom. The van der Waals surface area contributed by atoms with Crippen molar-refractivity contribution >= 4 is 10.2 Å². The van der Waals surface area contributed by atoms with E-state index in [0.717, 1.165) is 0 Å². The third-order valence-electron chi connectivity index (χ3n) is 1.86. The van der Waals surface area contributed by atoms with Gasteiger partial charge in [-0.3, -0.25) is 0 Å². The molecule has 0 fully saturated rings. The summed E-state index contributed by atoms with van der Waals surface area (Å²) in [5.74, 6) is -4.49. The maximum Gasteiger partial charge on any atom is 0.302 e. The molecule has 0 saturated heterocycles. The lowest BCUT2D eigenvalue weighted by atomic mass is 10.1. The predicted molar refractivity (Wildman–Crippen MR) is 49.8 cm³/mol. The van der Waals surface area contributed by atoms with Gasteiger partial charge in [0.25, 0.3) is 5.92 Å². The fraction of sp³-hybridized carbons (Fsp3) is 0.333. The molecule has 0 atom stereocenters. The molecule has 0 unspecified atom stereocenters. The summed E-state index contributed by atoms with van der Waals surface area (Å²) in [6, 6.07) is 6.72. The zero-order valence-corrected chi connectivity index (χ0v) is 8.48. The van der Waals surface area contributed by atoms with Crippen molar-refractivity contribution in [3.63, 3.8) is 0 Å². The van der Waals surface area contributed by atoms with E-state index in [9.17, 15) is 21.1 Å². The quantitative estimate of drug-likeness (QED) is 0.755. The zero-order valence-electron chi connectivity index (χ0n) is 7.66. The van der Waals surface area contributed by atoms with Crippen LogP contribution in [-0.2, 0) is 16.1 Å². The van der Waals surface area contributed by atoms with Crippen molar-refractivity contribution in [3.05, 3.63) is 35.9 Å². The van der Waals surface area contributed by atoms with Crippen LogP contribution in [0.1, 0.15) is 12.0 Å². The van der Waals surface area contributed by atoms with Gasteiger partial charge in [-0.05, 0) is 0 Å². The summed E-state index contributed by atoms with van der Waals surface area (Å²) in [4.78, 5) is 0. The fourth-order valence-electron chi connectivity index (χ4n) is 1.08. The Labute approximate surface area is 85.9 Å². The van der Waals surface area contributed by atoms with Gasteiger partial charge in [0.05, 0.1) is 5.75 Å². The van der Waals surface area contributed by atoms with Crippen LogP contribution < -0.4 is 0 Å². The molecule has 2 nitrogen and oxygen atoms in total. The van der Waals surface area contributed by atoms with Crippen molar-refractivity contribution in [1.29, 1.82) is 0 Å². The summed E-state index contributed by atoms with van der Waals surface area (Å²) in [5.41, 5.74) is -0.311. The van der Waals surface area contributed by atoms with Crippen LogP contribution in [0, 0.1) is 0 Å². The van der Waals surface area contributed by atoms with Crippen molar-refractivity contribution < 1.29 is 21.1 Å². The van der Waals surface area contributed by atoms with Gasteiger partial charge >= 0.3 is 10.2 Å². The molecule has 0 amide bonds. The van der Waals surface area contributed by atoms with Crippen molar-refractivity contribution in [2.45, 2.75) is 12.3 Å². The number of alkyl halides is 2. The van der Waals surface area contributed by atoms with Gasteiger partial charge in [0, 0.05) is 12.0 Å². The Morgan fingerprint density at radius 2 is 1.67 bits per heavy atom. The van der Waals surface area contributed by atoms with Gasteiger partial charge in [0.15, 0.2) is 0 Å². The molecule has 1 aromatic carbocycles. The highest BCUT2D eigenvalue weighted by molar-refractivity contribution is 7.86. The van der Waals surface area contributed by atoms with E-state index in [0.29, 0.717) is 0 Å². The third-order valence-corrected chi connectivity index (χ3v) is 2.55. The summed E-state index contributed by atoms with van der Waals surface area (Å²) in [5, 5.41) is 0. The molecule has 0 aliphatic rings. The first kappa shape index (κ1) is 12.0. The van der Waals surface area contributed by atoms with Crippen LogP contribution in [-0.4, -0.2) is 14.2 Å². The van der Waals surface area contributed by atoms with Crippen LogP contribution in [0.2, 0.25) is 0 Å². The van der Waals surface area contributed by atoms with Gasteiger partial charge in [-0.25, -0.2) is 8.78 Å². The second kappa shape index (κ2) is 4.22. The first-order chi connectivity index (χ1) is 6.81. The van der Waals surface area contributed by atoms with Gasteiger partial charge in [0.1, 0.15) is 0 Å². The van der Waals surface area contributed by atoms with Crippen LogP contribution in [0.4, 0.5) is 12.7 Å². The molecule has 84 valence electrons. The van der Waals surface area contributed by atoms with Gasteiger partial charge in [0.2, 0.25) is 0 Å². The second-order valence-electron chi connectivity index (χ2n) is 3.06. The van der Waals surface area contributed by atoms with Gasteiger partial charge in [-0.15, -0.1) is 3.89 Å². The standard InChI is InChI=1S/C9H9F3O2S/c10-9(11,6-7-15(12,13)14)8-4-2-1-3-5-8/h1-5H,6-7H2. The van der Waals surface area contributed by atoms with Crippen LogP contribution in [0.15, 0.2) is 30.3 Å². The molecule has 15 heavy (non-hydrogen) atoms. The largest absolute Gasteiger partial charge is 0.302 e. The first-order valence-electron chi connectivity index (χ1n) is 4.17. The Kier molecular flexibility index (Phi) is 3.38. The van der Waals surface area contributed by atoms with Crippen molar-refractivity contribution in [3.8, 4) is 0 Å². The van der Waals surface area contributed by atoms with Crippen LogP contribution >= 0.6 is 0 Å². The summed E-state index contributed by atoms with van der Waals surface area (Å²) < 4.78 is 58.8. The molecule has 0 N–H and O–H groups in total. The lowest BCUT2D eigenvalue weighted by Crippen LogP contribution is -2.17. The molecule has 0 heterocycles. The third kappa shape index (κ3) is 3.91. The highest BCUT2D eigenvalue weighted by Crippen LogP contribution is 2.31. The van der Waals surface area contributed by atoms with Crippen molar-refractivity contribution in [2.75, 3.05) is 5.75 Å². The Morgan fingerprint density at radius 1 is 1.13 bits per heavy atom. The smallest absolute Gasteiger partial charge is 0.201 e. The molecule has 0 spiro atoms. The van der Waals surface area contributed by atoms with E-state index < -0.39 is 28.3 Å². The first-order valence-corrected chi connectivity index (χ1v) is 5.72. The molecule has 0 saturated carbocycles. The number of hydrogen-bond acceptors (Lipinski definition) is 2. The number of halogens is 3. The van der Waals surface area contributed by atoms with E-state index in [2.05, 4.69) is 0 Å². The molecular formula is C9H9F3O2S. The van der Waals surface area contributed by atoms with E-state index in [4.69, 9.17) is 0 Å². The SMILES string of the molecule is O=S(=O)(F)CCC(F)(F)c1ccccc1. The lowest BCUT2D eigenvalue weighted by molar-refractivity contribution is -0.00765. The zero-order chi connectivity index (χ0) is 11.5. The van der Waals surface area contributed by atoms with Crippen molar-refractivity contribution in [2.24, 2.45) is 0 Å². The Bertz CT molecular complexity index is 414. The molecule has 0 aromatic heterocycles. The average molecular weight is 238 g/mol. The monoisotopic (exact) mass is 238 g/mol. The molecule has 1 rings (SSSR count). The minimum Gasteiger partial charge on any atom is -0.201 e. The van der Waals surface area contributed by atoms with Gasteiger partial charge in [-0.2, -0.15) is 8.42 Å². The van der Waals surface area contributed by atoms with Gasteiger partial charge in [-0.1, -0.05) is 30.3 Å². The van der Waals surface area contributed by atoms with Crippen LogP contribution in [0.5, 0.6) is 0 Å². The number of rotatable bonds is 4. The minimum atomic E-state index is -4.85. The number of benzene rings is 1. The number of hydrogen-bond donors (Lipinski definition) is 0. The highest BCUT2D eigenvalue weighted by Gasteiger charge is 2.32. The normalized spacial score (nSPS) is 12.7. The maximum atomic E-state index is 13.3. The minimum absolute atomic E-state index is 0.311. The van der Waals surface area contributed by atoms with E-state index in [-0.39, 0.29) is 5.56 Å². The van der Waals surface area contributed by atoms with Crippen LogP contribution in [0.3, 0.4) is 0 Å². The molecule has 1 aromatic rings. The molecule has 0 aliphatic carbocycles. The average Bonchev–Trinajstić information content (AvgIpc) is 2.16. The van der Waals surface area contributed by atoms with E-state index in [1.807, 2.05) is 0 Å². The fourth-order valence-corrected chi connectivity index (χ4v) is 1.58. The second-order valence-corrected chi connectivity index (χ2v) is 4.55. The summed E-state index contributed by atoms with van der Waals surface area (Å²) in [6.45, 7) is 0. The molecule has 0 radical (unpaired) electrons. The van der Waals surface area contributed by atoms with E-state index >= 15 is 0 Å². The van der Waals surface area contributed by atoms with E-state index in [1.165, 1.54) is 24.3 Å². The predicted octanol–water partition coefficient (Wildman–Crippen LogP) is 2.47. The molecule has 0 aliphatic heterocycles. The van der Waals surface area contributed by atoms with Crippen molar-refractivity contribution in [1.82, 2.24) is 0 Å². The Balaban J connectivity index is 2.76. The summed E-state index contributed by atoms with van der Waals surface area (Å²) >= 11 is 0. The maximum absolute atomic E-state index is 13.3. The lowest BCUT2D eigenvalue weighted by Gasteiger charge is -2.15. The van der Waals surface area contributed by atoms with Crippen LogP contribution in [0.25, 0.3) is 0 Å². The highest BCUT2D eigenvalue weighted by atomic mass is 32.3. The topological polar surface area (TPSA) is 34.1 Å². The van der Waals surface area contributed by atoms with E-state index in [1.54, 1.807) is 6.07 Å². The molecular weight excluding hydrogens is 229 g/mol. The molecule has 6 heteroatoms. The molecule has 0 bridgehead atoms. The van der Waals surface area contributed by atoms with Gasteiger partial charge < -0.3 is 0 Å². The Hall–Kier alpha value is -1.04. The summed E-state index contributed by atoms with van der Waals surface area (Å²) in [7, 11) is -4.85.